The van der Waals surface area contributed by atoms with Crippen molar-refractivity contribution in [2.45, 2.75) is 13.5 Å². The van der Waals surface area contributed by atoms with Gasteiger partial charge in [0.2, 0.25) is 5.91 Å². The maximum atomic E-state index is 12.2. The zero-order chi connectivity index (χ0) is 15.5. The number of carbonyl (C=O) groups excluding carboxylic acids is 1. The molecule has 3 rings (SSSR count). The molecule has 0 fully saturated rings. The molecule has 1 aromatic heterocycles. The van der Waals surface area contributed by atoms with Gasteiger partial charge in [0.15, 0.2) is 0 Å². The number of benzene rings is 2. The van der Waals surface area contributed by atoms with Gasteiger partial charge in [-0.25, -0.2) is 0 Å². The van der Waals surface area contributed by atoms with Gasteiger partial charge in [0.05, 0.1) is 7.11 Å². The summed E-state index contributed by atoms with van der Waals surface area (Å²) in [4.78, 5) is 12.2. The molecule has 0 saturated carbocycles. The van der Waals surface area contributed by atoms with Crippen LogP contribution in [0.2, 0.25) is 0 Å². The summed E-state index contributed by atoms with van der Waals surface area (Å²) in [6.07, 6.45) is 1.92. The Hall–Kier alpha value is -2.75. The van der Waals surface area contributed by atoms with Gasteiger partial charge in [-0.05, 0) is 48.9 Å². The molecule has 0 atom stereocenters. The molecule has 0 radical (unpaired) electrons. The van der Waals surface area contributed by atoms with E-state index in [1.165, 1.54) is 0 Å². The van der Waals surface area contributed by atoms with E-state index in [4.69, 9.17) is 4.74 Å². The second-order valence-electron chi connectivity index (χ2n) is 5.29. The summed E-state index contributed by atoms with van der Waals surface area (Å²) < 4.78 is 7.14. The number of methoxy groups -OCH3 is 1. The van der Waals surface area contributed by atoms with E-state index in [-0.39, 0.29) is 12.5 Å². The summed E-state index contributed by atoms with van der Waals surface area (Å²) in [7, 11) is 1.65. The van der Waals surface area contributed by atoms with Gasteiger partial charge in [-0.2, -0.15) is 0 Å². The lowest BCUT2D eigenvalue weighted by Crippen LogP contribution is -2.18. The van der Waals surface area contributed by atoms with E-state index < -0.39 is 0 Å². The Morgan fingerprint density at radius 3 is 2.82 bits per heavy atom. The maximum absolute atomic E-state index is 12.2. The fraction of sp³-hybridized carbons (Fsp3) is 0.167. The highest BCUT2D eigenvalue weighted by Gasteiger charge is 2.07. The monoisotopic (exact) mass is 294 g/mol. The number of amides is 1. The molecule has 3 aromatic rings. The van der Waals surface area contributed by atoms with Crippen LogP contribution in [-0.4, -0.2) is 17.6 Å². The zero-order valence-corrected chi connectivity index (χ0v) is 12.7. The van der Waals surface area contributed by atoms with Crippen molar-refractivity contribution in [3.8, 4) is 5.75 Å². The Bertz CT molecular complexity index is 821. The lowest BCUT2D eigenvalue weighted by atomic mass is 10.2. The Balaban J connectivity index is 1.76. The normalized spacial score (nSPS) is 10.6. The maximum Gasteiger partial charge on any atom is 0.244 e. The minimum absolute atomic E-state index is 0.0427. The van der Waals surface area contributed by atoms with Crippen molar-refractivity contribution in [1.82, 2.24) is 4.57 Å². The number of rotatable bonds is 4. The van der Waals surface area contributed by atoms with E-state index >= 15 is 0 Å². The third kappa shape index (κ3) is 2.96. The van der Waals surface area contributed by atoms with Crippen LogP contribution in [0.1, 0.15) is 5.56 Å². The first-order valence-corrected chi connectivity index (χ1v) is 7.15. The number of aryl methyl sites for hydroxylation is 1. The fourth-order valence-electron chi connectivity index (χ4n) is 2.52. The van der Waals surface area contributed by atoms with Crippen LogP contribution in [0.5, 0.6) is 5.75 Å². The summed E-state index contributed by atoms with van der Waals surface area (Å²) in [6, 6.07) is 15.6. The molecule has 22 heavy (non-hydrogen) atoms. The Kier molecular flexibility index (Phi) is 3.83. The molecule has 0 bridgehead atoms. The first-order chi connectivity index (χ1) is 10.7. The van der Waals surface area contributed by atoms with Gasteiger partial charge < -0.3 is 14.6 Å². The van der Waals surface area contributed by atoms with Crippen LogP contribution in [0, 0.1) is 6.92 Å². The molecule has 0 aliphatic carbocycles. The molecular weight excluding hydrogens is 276 g/mol. The predicted octanol–water partition coefficient (Wildman–Crippen LogP) is 3.60. The van der Waals surface area contributed by atoms with E-state index in [1.54, 1.807) is 7.11 Å². The molecule has 1 N–H and O–H groups in total. The first kappa shape index (κ1) is 14.2. The van der Waals surface area contributed by atoms with Crippen molar-refractivity contribution in [3.63, 3.8) is 0 Å². The molecule has 0 saturated heterocycles. The number of nitrogens with one attached hydrogen (secondary N) is 1. The molecule has 0 aliphatic rings. The molecule has 2 aromatic carbocycles. The average molecular weight is 294 g/mol. The molecular formula is C18H18N2O2. The molecule has 1 amide bonds. The highest BCUT2D eigenvalue weighted by atomic mass is 16.5. The van der Waals surface area contributed by atoms with Crippen LogP contribution in [0.4, 0.5) is 5.69 Å². The number of anilines is 1. The van der Waals surface area contributed by atoms with Crippen LogP contribution < -0.4 is 10.1 Å². The number of carbonyl (C=O) groups is 1. The number of fused-ring (bicyclic) bond motifs is 1. The molecule has 4 nitrogen and oxygen atoms in total. The summed E-state index contributed by atoms with van der Waals surface area (Å²) in [6.45, 7) is 2.28. The standard InChI is InChI=1S/C18H18N2O2/c1-13-4-3-5-15(10-13)19-18(21)12-20-9-8-14-11-16(22-2)6-7-17(14)20/h3-11H,12H2,1-2H3,(H,19,21). The predicted molar refractivity (Wildman–Crippen MR) is 88.3 cm³/mol. The van der Waals surface area contributed by atoms with E-state index in [0.29, 0.717) is 0 Å². The minimum Gasteiger partial charge on any atom is -0.497 e. The van der Waals surface area contributed by atoms with Gasteiger partial charge in [-0.1, -0.05) is 12.1 Å². The molecule has 112 valence electrons. The van der Waals surface area contributed by atoms with Gasteiger partial charge in [-0.15, -0.1) is 0 Å². The van der Waals surface area contributed by atoms with E-state index in [1.807, 2.05) is 66.2 Å². The minimum atomic E-state index is -0.0427. The van der Waals surface area contributed by atoms with Gasteiger partial charge in [0, 0.05) is 22.8 Å². The van der Waals surface area contributed by atoms with Crippen LogP contribution >= 0.6 is 0 Å². The quantitative estimate of drug-likeness (QED) is 0.799. The largest absolute Gasteiger partial charge is 0.497 e. The van der Waals surface area contributed by atoms with Crippen LogP contribution in [0.25, 0.3) is 10.9 Å². The lowest BCUT2D eigenvalue weighted by Gasteiger charge is -2.08. The zero-order valence-electron chi connectivity index (χ0n) is 12.7. The molecule has 0 unspecified atom stereocenters. The van der Waals surface area contributed by atoms with E-state index in [2.05, 4.69) is 5.32 Å². The van der Waals surface area contributed by atoms with Crippen LogP contribution in [0.3, 0.4) is 0 Å². The highest BCUT2D eigenvalue weighted by molar-refractivity contribution is 5.92. The smallest absolute Gasteiger partial charge is 0.244 e. The first-order valence-electron chi connectivity index (χ1n) is 7.15. The molecule has 0 spiro atoms. The summed E-state index contributed by atoms with van der Waals surface area (Å²) in [5.74, 6) is 0.772. The van der Waals surface area contributed by atoms with E-state index in [9.17, 15) is 4.79 Å². The topological polar surface area (TPSA) is 43.3 Å². The second kappa shape index (κ2) is 5.93. The molecule has 4 heteroatoms. The molecule has 0 aliphatic heterocycles. The Morgan fingerprint density at radius 1 is 1.18 bits per heavy atom. The summed E-state index contributed by atoms with van der Waals surface area (Å²) in [5, 5.41) is 3.98. The third-order valence-corrected chi connectivity index (χ3v) is 3.59. The second-order valence-corrected chi connectivity index (χ2v) is 5.29. The van der Waals surface area contributed by atoms with Gasteiger partial charge in [0.1, 0.15) is 12.3 Å². The lowest BCUT2D eigenvalue weighted by molar-refractivity contribution is -0.116. The van der Waals surface area contributed by atoms with Crippen molar-refractivity contribution >= 4 is 22.5 Å². The third-order valence-electron chi connectivity index (χ3n) is 3.59. The average Bonchev–Trinajstić information content (AvgIpc) is 2.89. The van der Waals surface area contributed by atoms with E-state index in [0.717, 1.165) is 27.9 Å². The van der Waals surface area contributed by atoms with Crippen molar-refractivity contribution in [3.05, 3.63) is 60.3 Å². The van der Waals surface area contributed by atoms with Crippen molar-refractivity contribution in [2.24, 2.45) is 0 Å². The van der Waals surface area contributed by atoms with Gasteiger partial charge in [0.25, 0.3) is 0 Å². The highest BCUT2D eigenvalue weighted by Crippen LogP contribution is 2.22. The number of nitrogens with zero attached hydrogens (tertiary/aromatic N) is 1. The summed E-state index contributed by atoms with van der Waals surface area (Å²) in [5.41, 5.74) is 2.96. The Labute approximate surface area is 129 Å². The number of hydrogen-bond acceptors (Lipinski definition) is 2. The van der Waals surface area contributed by atoms with Crippen LogP contribution in [0.15, 0.2) is 54.7 Å². The van der Waals surface area contributed by atoms with Gasteiger partial charge in [-0.3, -0.25) is 4.79 Å². The Morgan fingerprint density at radius 2 is 2.05 bits per heavy atom. The number of aromatic nitrogens is 1. The number of hydrogen-bond donors (Lipinski definition) is 1. The van der Waals surface area contributed by atoms with Gasteiger partial charge >= 0.3 is 0 Å². The van der Waals surface area contributed by atoms with Crippen molar-refractivity contribution < 1.29 is 9.53 Å². The molecule has 1 heterocycles. The number of ether oxygens (including phenoxy) is 1. The van der Waals surface area contributed by atoms with Crippen LogP contribution in [-0.2, 0) is 11.3 Å². The fourth-order valence-corrected chi connectivity index (χ4v) is 2.52. The van der Waals surface area contributed by atoms with Crippen molar-refractivity contribution in [1.29, 1.82) is 0 Å². The van der Waals surface area contributed by atoms with Crippen molar-refractivity contribution in [2.75, 3.05) is 12.4 Å². The SMILES string of the molecule is COc1ccc2c(ccn2CC(=O)Nc2cccc(C)c2)c1. The summed E-state index contributed by atoms with van der Waals surface area (Å²) >= 11 is 0.